The number of nitrogens with zero attached hydrogens (tertiary/aromatic N) is 3. The molecule has 0 saturated carbocycles. The summed E-state index contributed by atoms with van der Waals surface area (Å²) in [6.07, 6.45) is 2.38. The topological polar surface area (TPSA) is 64.1 Å². The minimum absolute atomic E-state index is 0.122. The van der Waals surface area contributed by atoms with Gasteiger partial charge in [0.1, 0.15) is 12.0 Å². The predicted octanol–water partition coefficient (Wildman–Crippen LogP) is 1.53. The SMILES string of the molecule is CCc1c(C)nn(-c2nc(CO)co2)c1C. The van der Waals surface area contributed by atoms with E-state index in [1.807, 2.05) is 13.8 Å². The highest BCUT2D eigenvalue weighted by molar-refractivity contribution is 5.28. The molecule has 0 aliphatic heterocycles. The molecule has 5 heteroatoms. The summed E-state index contributed by atoms with van der Waals surface area (Å²) < 4.78 is 6.94. The van der Waals surface area contributed by atoms with Crippen LogP contribution in [0.2, 0.25) is 0 Å². The van der Waals surface area contributed by atoms with Crippen LogP contribution in [0.4, 0.5) is 0 Å². The van der Waals surface area contributed by atoms with E-state index >= 15 is 0 Å². The first-order valence-corrected chi connectivity index (χ1v) is 5.28. The van der Waals surface area contributed by atoms with Crippen LogP contribution in [0.25, 0.3) is 6.01 Å². The third-order valence-electron chi connectivity index (χ3n) is 2.68. The Labute approximate surface area is 93.7 Å². The molecule has 0 fully saturated rings. The van der Waals surface area contributed by atoms with Gasteiger partial charge >= 0.3 is 6.01 Å². The van der Waals surface area contributed by atoms with E-state index in [2.05, 4.69) is 17.0 Å². The minimum atomic E-state index is -0.122. The van der Waals surface area contributed by atoms with Crippen molar-refractivity contribution in [3.8, 4) is 6.01 Å². The highest BCUT2D eigenvalue weighted by Crippen LogP contribution is 2.17. The molecule has 0 unspecified atom stereocenters. The first-order chi connectivity index (χ1) is 7.67. The van der Waals surface area contributed by atoms with Crippen LogP contribution in [0.3, 0.4) is 0 Å². The lowest BCUT2D eigenvalue weighted by molar-refractivity contribution is 0.276. The van der Waals surface area contributed by atoms with Crippen molar-refractivity contribution in [3.63, 3.8) is 0 Å². The summed E-state index contributed by atoms with van der Waals surface area (Å²) in [5.41, 5.74) is 3.75. The quantitative estimate of drug-likeness (QED) is 0.853. The van der Waals surface area contributed by atoms with Gasteiger partial charge in [-0.1, -0.05) is 6.92 Å². The van der Waals surface area contributed by atoms with Gasteiger partial charge in [0.2, 0.25) is 0 Å². The molecule has 0 aliphatic rings. The van der Waals surface area contributed by atoms with Gasteiger partial charge in [-0.15, -0.1) is 0 Å². The van der Waals surface area contributed by atoms with Gasteiger partial charge in [0.05, 0.1) is 12.3 Å². The van der Waals surface area contributed by atoms with E-state index in [0.29, 0.717) is 11.7 Å². The number of rotatable bonds is 3. The first kappa shape index (κ1) is 10.9. The molecular formula is C11H15N3O2. The monoisotopic (exact) mass is 221 g/mol. The summed E-state index contributed by atoms with van der Waals surface area (Å²) >= 11 is 0. The van der Waals surface area contributed by atoms with Crippen molar-refractivity contribution in [1.82, 2.24) is 14.8 Å². The highest BCUT2D eigenvalue weighted by Gasteiger charge is 2.14. The maximum Gasteiger partial charge on any atom is 0.323 e. The van der Waals surface area contributed by atoms with Gasteiger partial charge in [0.15, 0.2) is 0 Å². The van der Waals surface area contributed by atoms with Gasteiger partial charge < -0.3 is 9.52 Å². The minimum Gasteiger partial charge on any atom is -0.430 e. The summed E-state index contributed by atoms with van der Waals surface area (Å²) in [5.74, 6) is 0. The van der Waals surface area contributed by atoms with Crippen LogP contribution >= 0.6 is 0 Å². The molecular weight excluding hydrogens is 206 g/mol. The van der Waals surface area contributed by atoms with Gasteiger partial charge in [0, 0.05) is 5.69 Å². The lowest BCUT2D eigenvalue weighted by atomic mass is 10.1. The fourth-order valence-corrected chi connectivity index (χ4v) is 1.84. The van der Waals surface area contributed by atoms with Gasteiger partial charge in [0.25, 0.3) is 0 Å². The van der Waals surface area contributed by atoms with Crippen LogP contribution in [-0.2, 0) is 13.0 Å². The Hall–Kier alpha value is -1.62. The summed E-state index contributed by atoms with van der Waals surface area (Å²) in [6.45, 7) is 5.93. The van der Waals surface area contributed by atoms with E-state index in [4.69, 9.17) is 9.52 Å². The smallest absolute Gasteiger partial charge is 0.323 e. The Morgan fingerprint density at radius 3 is 2.69 bits per heavy atom. The number of aliphatic hydroxyl groups is 1. The molecule has 0 saturated heterocycles. The molecule has 5 nitrogen and oxygen atoms in total. The zero-order chi connectivity index (χ0) is 11.7. The Bertz CT molecular complexity index is 499. The molecule has 0 aliphatic carbocycles. The maximum absolute atomic E-state index is 8.92. The summed E-state index contributed by atoms with van der Waals surface area (Å²) in [7, 11) is 0. The van der Waals surface area contributed by atoms with Gasteiger partial charge in [-0.2, -0.15) is 14.8 Å². The number of aromatic nitrogens is 3. The molecule has 16 heavy (non-hydrogen) atoms. The Kier molecular flexibility index (Phi) is 2.78. The van der Waals surface area contributed by atoms with Crippen molar-refractivity contribution in [2.24, 2.45) is 0 Å². The van der Waals surface area contributed by atoms with Crippen molar-refractivity contribution in [1.29, 1.82) is 0 Å². The molecule has 1 N–H and O–H groups in total. The Morgan fingerprint density at radius 1 is 1.44 bits per heavy atom. The van der Waals surface area contributed by atoms with Crippen LogP contribution in [-0.4, -0.2) is 19.9 Å². The fourth-order valence-electron chi connectivity index (χ4n) is 1.84. The second-order valence-corrected chi connectivity index (χ2v) is 3.69. The summed E-state index contributed by atoms with van der Waals surface area (Å²) in [5, 5.41) is 13.3. The lowest BCUT2D eigenvalue weighted by Crippen LogP contribution is -2.00. The molecule has 2 heterocycles. The number of aliphatic hydroxyl groups excluding tert-OH is 1. The van der Waals surface area contributed by atoms with Crippen LogP contribution in [0.5, 0.6) is 0 Å². The van der Waals surface area contributed by atoms with E-state index in [1.165, 1.54) is 11.8 Å². The van der Waals surface area contributed by atoms with E-state index in [9.17, 15) is 0 Å². The number of aryl methyl sites for hydroxylation is 1. The summed E-state index contributed by atoms with van der Waals surface area (Å²) in [4.78, 5) is 4.13. The van der Waals surface area contributed by atoms with Gasteiger partial charge in [-0.05, 0) is 25.8 Å². The number of oxazole rings is 1. The van der Waals surface area contributed by atoms with Crippen LogP contribution < -0.4 is 0 Å². The van der Waals surface area contributed by atoms with E-state index in [0.717, 1.165) is 17.8 Å². The molecule has 0 aromatic carbocycles. The average molecular weight is 221 g/mol. The zero-order valence-electron chi connectivity index (χ0n) is 9.69. The van der Waals surface area contributed by atoms with Crippen molar-refractivity contribution in [2.75, 3.05) is 0 Å². The maximum atomic E-state index is 8.92. The van der Waals surface area contributed by atoms with Crippen LogP contribution in [0.15, 0.2) is 10.7 Å². The Morgan fingerprint density at radius 2 is 2.19 bits per heavy atom. The molecule has 2 aromatic rings. The van der Waals surface area contributed by atoms with Crippen molar-refractivity contribution >= 4 is 0 Å². The first-order valence-electron chi connectivity index (χ1n) is 5.28. The third-order valence-corrected chi connectivity index (χ3v) is 2.68. The average Bonchev–Trinajstić information content (AvgIpc) is 2.83. The molecule has 2 aromatic heterocycles. The highest BCUT2D eigenvalue weighted by atomic mass is 16.4. The van der Waals surface area contributed by atoms with Crippen molar-refractivity contribution < 1.29 is 9.52 Å². The lowest BCUT2D eigenvalue weighted by Gasteiger charge is -1.98. The Balaban J connectivity index is 2.47. The zero-order valence-corrected chi connectivity index (χ0v) is 9.69. The molecule has 0 radical (unpaired) electrons. The van der Waals surface area contributed by atoms with Gasteiger partial charge in [-0.3, -0.25) is 0 Å². The second kappa shape index (κ2) is 4.09. The van der Waals surface area contributed by atoms with E-state index in [1.54, 1.807) is 4.68 Å². The molecule has 0 spiro atoms. The normalized spacial score (nSPS) is 11.0. The summed E-state index contributed by atoms with van der Waals surface area (Å²) in [6, 6.07) is 0.407. The van der Waals surface area contributed by atoms with E-state index < -0.39 is 0 Å². The van der Waals surface area contributed by atoms with Crippen molar-refractivity contribution in [3.05, 3.63) is 28.9 Å². The van der Waals surface area contributed by atoms with E-state index in [-0.39, 0.29) is 6.61 Å². The van der Waals surface area contributed by atoms with Crippen LogP contribution in [0, 0.1) is 13.8 Å². The molecule has 2 rings (SSSR count). The number of hydrogen-bond donors (Lipinski definition) is 1. The largest absolute Gasteiger partial charge is 0.430 e. The molecule has 0 atom stereocenters. The van der Waals surface area contributed by atoms with Gasteiger partial charge in [-0.25, -0.2) is 0 Å². The molecule has 86 valence electrons. The predicted molar refractivity (Wildman–Crippen MR) is 58.4 cm³/mol. The standard InChI is InChI=1S/C11H15N3O2/c1-4-10-7(2)13-14(8(10)3)11-12-9(5-15)6-16-11/h6,15H,4-5H2,1-3H3. The fraction of sp³-hybridized carbons (Fsp3) is 0.455. The van der Waals surface area contributed by atoms with Crippen molar-refractivity contribution in [2.45, 2.75) is 33.8 Å². The second-order valence-electron chi connectivity index (χ2n) is 3.69. The number of hydrogen-bond acceptors (Lipinski definition) is 4. The van der Waals surface area contributed by atoms with Crippen LogP contribution in [0.1, 0.15) is 29.6 Å². The third kappa shape index (κ3) is 1.63. The molecule has 0 bridgehead atoms. The molecule has 0 amide bonds.